The van der Waals surface area contributed by atoms with Gasteiger partial charge in [-0.1, -0.05) is 12.1 Å². The zero-order chi connectivity index (χ0) is 14.0. The van der Waals surface area contributed by atoms with Crippen LogP contribution in [0.1, 0.15) is 18.1 Å². The van der Waals surface area contributed by atoms with E-state index in [1.54, 1.807) is 13.0 Å². The molecule has 0 saturated heterocycles. The lowest BCUT2D eigenvalue weighted by molar-refractivity contribution is 0.601. The fraction of sp³-hybridized carbons (Fsp3) is 0.462. The lowest BCUT2D eigenvalue weighted by Gasteiger charge is -2.10. The van der Waals surface area contributed by atoms with Crippen molar-refractivity contribution in [2.24, 2.45) is 4.99 Å². The molecule has 6 heteroatoms. The molecule has 5 nitrogen and oxygen atoms in total. The Hall–Kier alpha value is -1.56. The number of hydrogen-bond donors (Lipinski definition) is 2. The van der Waals surface area contributed by atoms with Crippen molar-refractivity contribution < 1.29 is 8.42 Å². The highest BCUT2D eigenvalue weighted by Gasteiger charge is 2.13. The summed E-state index contributed by atoms with van der Waals surface area (Å²) in [6.45, 7) is 5.19. The van der Waals surface area contributed by atoms with Gasteiger partial charge in [0.2, 0.25) is 0 Å². The summed E-state index contributed by atoms with van der Waals surface area (Å²) in [5.41, 5.74) is 1.70. The Morgan fingerprint density at radius 1 is 1.47 bits per heavy atom. The van der Waals surface area contributed by atoms with Crippen LogP contribution in [0.2, 0.25) is 0 Å². The first-order valence-corrected chi connectivity index (χ1v) is 8.10. The van der Waals surface area contributed by atoms with Crippen molar-refractivity contribution in [3.63, 3.8) is 0 Å². The maximum absolute atomic E-state index is 11.7. The second kappa shape index (κ2) is 5.21. The summed E-state index contributed by atoms with van der Waals surface area (Å²) < 4.78 is 23.3. The molecule has 0 aliphatic carbocycles. The van der Waals surface area contributed by atoms with Gasteiger partial charge in [-0.15, -0.1) is 0 Å². The number of guanidine groups is 1. The van der Waals surface area contributed by atoms with Crippen molar-refractivity contribution in [1.82, 2.24) is 10.6 Å². The molecule has 0 bridgehead atoms. The second-order valence-corrected chi connectivity index (χ2v) is 6.94. The van der Waals surface area contributed by atoms with Crippen LogP contribution >= 0.6 is 0 Å². The van der Waals surface area contributed by atoms with Crippen molar-refractivity contribution in [2.75, 3.05) is 12.8 Å². The van der Waals surface area contributed by atoms with Crippen LogP contribution in [0.5, 0.6) is 0 Å². The minimum atomic E-state index is -3.18. The van der Waals surface area contributed by atoms with Crippen molar-refractivity contribution in [3.8, 4) is 0 Å². The maximum Gasteiger partial charge on any atom is 0.191 e. The Labute approximate surface area is 114 Å². The van der Waals surface area contributed by atoms with Crippen LogP contribution in [0, 0.1) is 6.92 Å². The highest BCUT2D eigenvalue weighted by atomic mass is 32.2. The molecule has 0 aromatic heterocycles. The van der Waals surface area contributed by atoms with E-state index in [-0.39, 0.29) is 0 Å². The number of nitrogens with one attached hydrogen (secondary N) is 2. The van der Waals surface area contributed by atoms with E-state index in [0.29, 0.717) is 17.5 Å². The molecule has 2 rings (SSSR count). The number of hydrogen-bond acceptors (Lipinski definition) is 5. The molecule has 2 N–H and O–H groups in total. The van der Waals surface area contributed by atoms with Crippen LogP contribution in [-0.2, 0) is 16.4 Å². The van der Waals surface area contributed by atoms with Gasteiger partial charge >= 0.3 is 0 Å². The lowest BCUT2D eigenvalue weighted by Crippen LogP contribution is -2.37. The summed E-state index contributed by atoms with van der Waals surface area (Å²) in [4.78, 5) is 4.69. The minimum absolute atomic E-state index is 0.354. The first-order valence-electron chi connectivity index (χ1n) is 6.20. The molecule has 1 aliphatic heterocycles. The number of sulfone groups is 1. The van der Waals surface area contributed by atoms with Crippen molar-refractivity contribution in [1.29, 1.82) is 0 Å². The Morgan fingerprint density at radius 2 is 2.21 bits per heavy atom. The Kier molecular flexibility index (Phi) is 3.80. The molecule has 0 spiro atoms. The fourth-order valence-electron chi connectivity index (χ4n) is 2.00. The molecular formula is C13H19N3O2S. The topological polar surface area (TPSA) is 70.6 Å². The number of aliphatic imine (C=N–C) groups is 1. The predicted molar refractivity (Wildman–Crippen MR) is 76.0 cm³/mol. The van der Waals surface area contributed by atoms with Gasteiger partial charge < -0.3 is 10.6 Å². The number of nitrogens with zero attached hydrogens (tertiary/aromatic N) is 1. The predicted octanol–water partition coefficient (Wildman–Crippen LogP) is 0.836. The third-order valence-electron chi connectivity index (χ3n) is 3.02. The summed E-state index contributed by atoms with van der Waals surface area (Å²) in [5.74, 6) is 0.772. The van der Waals surface area contributed by atoms with Crippen LogP contribution in [0.4, 0.5) is 0 Å². The van der Waals surface area contributed by atoms with E-state index in [4.69, 9.17) is 0 Å². The van der Waals surface area contributed by atoms with Gasteiger partial charge in [0.25, 0.3) is 0 Å². The number of rotatable bonds is 3. The molecule has 1 aliphatic rings. The van der Waals surface area contributed by atoms with Gasteiger partial charge in [0, 0.05) is 18.8 Å². The SMILES string of the molecule is Cc1ccc(CNC2=NCC(C)N2)cc1S(C)(=O)=O. The van der Waals surface area contributed by atoms with Gasteiger partial charge in [0.15, 0.2) is 15.8 Å². The van der Waals surface area contributed by atoms with Gasteiger partial charge in [-0.3, -0.25) is 4.99 Å². The van der Waals surface area contributed by atoms with Gasteiger partial charge in [-0.05, 0) is 31.0 Å². The smallest absolute Gasteiger partial charge is 0.191 e. The highest BCUT2D eigenvalue weighted by Crippen LogP contribution is 2.16. The van der Waals surface area contributed by atoms with Crippen LogP contribution in [0.25, 0.3) is 0 Å². The largest absolute Gasteiger partial charge is 0.352 e. The molecule has 1 unspecified atom stereocenters. The van der Waals surface area contributed by atoms with E-state index in [9.17, 15) is 8.42 Å². The third kappa shape index (κ3) is 3.47. The molecule has 1 heterocycles. The first kappa shape index (κ1) is 13.9. The lowest BCUT2D eigenvalue weighted by atomic mass is 10.1. The average molecular weight is 281 g/mol. The standard InChI is InChI=1S/C13H19N3O2S/c1-9-4-5-11(6-12(9)19(3,17)18)8-15-13-14-7-10(2)16-13/h4-6,10H,7-8H2,1-3H3,(H2,14,15,16). The van der Waals surface area contributed by atoms with E-state index in [1.165, 1.54) is 6.26 Å². The fourth-order valence-corrected chi connectivity index (χ4v) is 3.02. The number of benzene rings is 1. The Balaban J connectivity index is 2.10. The molecule has 0 fully saturated rings. The summed E-state index contributed by atoms with van der Waals surface area (Å²) >= 11 is 0. The number of aryl methyl sites for hydroxylation is 1. The van der Waals surface area contributed by atoms with Gasteiger partial charge in [-0.25, -0.2) is 8.42 Å². The summed E-state index contributed by atoms with van der Waals surface area (Å²) in [6.07, 6.45) is 1.23. The van der Waals surface area contributed by atoms with E-state index in [1.807, 2.05) is 12.1 Å². The molecule has 1 atom stereocenters. The molecular weight excluding hydrogens is 262 g/mol. The zero-order valence-electron chi connectivity index (χ0n) is 11.4. The van der Waals surface area contributed by atoms with Crippen LogP contribution in [0.3, 0.4) is 0 Å². The molecule has 0 radical (unpaired) electrons. The molecule has 19 heavy (non-hydrogen) atoms. The molecule has 0 saturated carbocycles. The van der Waals surface area contributed by atoms with Crippen LogP contribution in [-0.4, -0.2) is 33.2 Å². The normalized spacial score (nSPS) is 18.9. The van der Waals surface area contributed by atoms with E-state index >= 15 is 0 Å². The quantitative estimate of drug-likeness (QED) is 0.861. The van der Waals surface area contributed by atoms with Gasteiger partial charge in [0.05, 0.1) is 11.4 Å². The molecule has 104 valence electrons. The zero-order valence-corrected chi connectivity index (χ0v) is 12.2. The summed E-state index contributed by atoms with van der Waals surface area (Å²) in [5, 5.41) is 6.37. The van der Waals surface area contributed by atoms with E-state index < -0.39 is 9.84 Å². The van der Waals surface area contributed by atoms with Crippen LogP contribution in [0.15, 0.2) is 28.1 Å². The molecule has 1 aromatic rings. The second-order valence-electron chi connectivity index (χ2n) is 4.96. The van der Waals surface area contributed by atoms with Gasteiger partial charge in [0.1, 0.15) is 0 Å². The van der Waals surface area contributed by atoms with E-state index in [0.717, 1.165) is 23.6 Å². The Morgan fingerprint density at radius 3 is 2.79 bits per heavy atom. The van der Waals surface area contributed by atoms with Crippen molar-refractivity contribution in [2.45, 2.75) is 31.3 Å². The van der Waals surface area contributed by atoms with Crippen molar-refractivity contribution in [3.05, 3.63) is 29.3 Å². The monoisotopic (exact) mass is 281 g/mol. The van der Waals surface area contributed by atoms with Gasteiger partial charge in [-0.2, -0.15) is 0 Å². The molecule has 1 aromatic carbocycles. The maximum atomic E-state index is 11.7. The van der Waals surface area contributed by atoms with Crippen LogP contribution < -0.4 is 10.6 Å². The third-order valence-corrected chi connectivity index (χ3v) is 4.26. The highest BCUT2D eigenvalue weighted by molar-refractivity contribution is 7.90. The first-order chi connectivity index (χ1) is 8.86. The summed E-state index contributed by atoms with van der Waals surface area (Å²) in [7, 11) is -3.18. The minimum Gasteiger partial charge on any atom is -0.352 e. The molecule has 0 amide bonds. The van der Waals surface area contributed by atoms with E-state index in [2.05, 4.69) is 22.5 Å². The van der Waals surface area contributed by atoms with Crippen molar-refractivity contribution >= 4 is 15.8 Å². The average Bonchev–Trinajstić information content (AvgIpc) is 2.72. The summed E-state index contributed by atoms with van der Waals surface area (Å²) in [6, 6.07) is 5.83. The Bertz CT molecular complexity index is 608.